The van der Waals surface area contributed by atoms with Crippen LogP contribution < -0.4 is 21.3 Å². The second-order valence-corrected chi connectivity index (χ2v) is 57.6. The van der Waals surface area contributed by atoms with Gasteiger partial charge in [-0.15, -0.1) is 0 Å². The van der Waals surface area contributed by atoms with Crippen LogP contribution in [0.4, 0.5) is 0 Å². The number of nitrogens with one attached hydrogen (secondary N) is 4. The molecule has 770 valence electrons. The highest BCUT2D eigenvalue weighted by atomic mass is 16.5. The zero-order chi connectivity index (χ0) is 106. The predicted octanol–water partition coefficient (Wildman–Crippen LogP) is 36.6. The molecule has 0 saturated carbocycles. The summed E-state index contributed by atoms with van der Waals surface area (Å²) in [6, 6.07) is 23.1. The van der Waals surface area contributed by atoms with Crippen molar-refractivity contribution < 1.29 is 4.74 Å². The van der Waals surface area contributed by atoms with Crippen molar-refractivity contribution in [1.82, 2.24) is 56.4 Å². The third-order valence-corrected chi connectivity index (χ3v) is 5.68. The summed E-state index contributed by atoms with van der Waals surface area (Å²) in [5, 5.41) is 20.0. The highest BCUT2D eigenvalue weighted by Crippen LogP contribution is 2.15. The van der Waals surface area contributed by atoms with Crippen LogP contribution >= 0.6 is 0 Å². The van der Waals surface area contributed by atoms with Crippen LogP contribution in [0, 0.1) is 86.6 Å². The van der Waals surface area contributed by atoms with Gasteiger partial charge in [-0.1, -0.05) is 492 Å². The molecule has 4 N–H and O–H groups in total. The second kappa shape index (κ2) is 92.8. The number of piperidine rings is 1. The predicted molar refractivity (Wildman–Crippen MR) is 595 cm³/mol. The van der Waals surface area contributed by atoms with Crippen LogP contribution in [0.25, 0.3) is 0 Å². The number of pyridine rings is 1. The molecule has 3 fully saturated rings. The van der Waals surface area contributed by atoms with Crippen LogP contribution in [0.3, 0.4) is 0 Å². The molecule has 0 spiro atoms. The molecule has 0 aliphatic carbocycles. The highest BCUT2D eigenvalue weighted by Gasteiger charge is 2.04. The summed E-state index contributed by atoms with van der Waals surface area (Å²) in [4.78, 5) is 18.6. The first-order valence-corrected chi connectivity index (χ1v) is 48.4. The monoisotopic (exact) mass is 1810 g/mol. The van der Waals surface area contributed by atoms with Gasteiger partial charge in [-0.25, -0.2) is 9.97 Å². The van der Waals surface area contributed by atoms with Crippen molar-refractivity contribution in [2.24, 2.45) is 86.6 Å². The van der Waals surface area contributed by atoms with Gasteiger partial charge in [0.05, 0.1) is 13.2 Å². The van der Waals surface area contributed by atoms with E-state index in [0.29, 0.717) is 86.6 Å². The Morgan fingerprint density at radius 2 is 0.289 bits per heavy atom. The summed E-state index contributed by atoms with van der Waals surface area (Å²) >= 11 is 0. The van der Waals surface area contributed by atoms with Gasteiger partial charge in [0.1, 0.15) is 6.33 Å². The molecule has 0 radical (unpaired) electrons. The van der Waals surface area contributed by atoms with Crippen LogP contribution in [0.2, 0.25) is 0 Å². The van der Waals surface area contributed by atoms with E-state index >= 15 is 0 Å². The smallest absolute Gasteiger partial charge is 0.115 e. The molecule has 3 saturated heterocycles. The molecule has 0 amide bonds. The van der Waals surface area contributed by atoms with Crippen molar-refractivity contribution >= 4 is 0 Å². The average Bonchev–Trinajstić information content (AvgIpc) is 3.56. The Hall–Kier alpha value is -4.59. The molecule has 0 bridgehead atoms. The SMILES string of the molecule is C1CCNCC1.C1CNCCN1.C1COCCN1.CC(C)(C)C.CC(C)(C)C.CC(C)(C)C.CC(C)(C)C.CC(C)(C)C.CC(C)(C)C.CC(C)(C)C.CC(C)(C)C.CC(C)(C)C.CC(C)(C)C.CC(C)(C)C.CC(C)(C)C.CC(C)(C)C.CC(C)(C)C.CC(C)(C)C.CC(C)(C)C.c1ccccc1.c1ccncc1.c1ccnnc1.c1cnccn1.c1cncnc1. The zero-order valence-corrected chi connectivity index (χ0v) is 100. The Morgan fingerprint density at radius 3 is 0.352 bits per heavy atom. The molecule has 0 atom stereocenters. The molecule has 128 heavy (non-hydrogen) atoms. The Balaban J connectivity index is -0.0000000731. The molecule has 0 unspecified atom stereocenters. The fourth-order valence-electron chi connectivity index (χ4n) is 3.38. The summed E-state index contributed by atoms with van der Waals surface area (Å²) in [7, 11) is 0. The lowest BCUT2D eigenvalue weighted by atomic mass is 10.0. The summed E-state index contributed by atoms with van der Waals surface area (Å²) in [6.45, 7) is 151. The van der Waals surface area contributed by atoms with E-state index in [0.717, 1.165) is 52.5 Å². The molecule has 3 aliphatic rings. The minimum atomic E-state index is 0.500. The Bertz CT molecular complexity index is 1830. The second-order valence-electron chi connectivity index (χ2n) is 57.6. The Kier molecular flexibility index (Phi) is 116. The normalized spacial score (nSPS) is 12.8. The maximum Gasteiger partial charge on any atom is 0.115 e. The van der Waals surface area contributed by atoms with Crippen LogP contribution in [-0.4, -0.2) is 101 Å². The van der Waals surface area contributed by atoms with E-state index in [4.69, 9.17) is 4.74 Å². The first-order valence-electron chi connectivity index (χ1n) is 48.4. The molecule has 4 aromatic heterocycles. The fraction of sp³-hybridized carbons (Fsp3) is 0.802. The molecule has 1 aromatic carbocycles. The van der Waals surface area contributed by atoms with Crippen molar-refractivity contribution in [2.75, 3.05) is 65.6 Å². The van der Waals surface area contributed by atoms with E-state index in [1.165, 1.54) is 38.7 Å². The minimum absolute atomic E-state index is 0.500. The minimum Gasteiger partial charge on any atom is -0.379 e. The lowest BCUT2D eigenvalue weighted by Gasteiger charge is -2.11. The van der Waals surface area contributed by atoms with Gasteiger partial charge in [0.25, 0.3) is 0 Å². The van der Waals surface area contributed by atoms with E-state index in [2.05, 4.69) is 500 Å². The van der Waals surface area contributed by atoms with E-state index in [1.54, 1.807) is 68.0 Å². The highest BCUT2D eigenvalue weighted by molar-refractivity contribution is 4.99. The molecule has 5 aromatic rings. The molecular formula is C116H245N11O. The summed E-state index contributed by atoms with van der Waals surface area (Å²) in [5.41, 5.74) is 8.00. The lowest BCUT2D eigenvalue weighted by Crippen LogP contribution is -2.39. The number of rotatable bonds is 0. The first kappa shape index (κ1) is 160. The maximum atomic E-state index is 5.01. The molecule has 7 heterocycles. The zero-order valence-electron chi connectivity index (χ0n) is 100. The number of aromatic nitrogens is 7. The van der Waals surface area contributed by atoms with Gasteiger partial charge in [0.15, 0.2) is 0 Å². The summed E-state index contributed by atoms with van der Waals surface area (Å²) in [5.74, 6) is 0. The van der Waals surface area contributed by atoms with E-state index in [9.17, 15) is 0 Å². The van der Waals surface area contributed by atoms with Crippen LogP contribution in [-0.2, 0) is 4.74 Å². The number of hydrogen-bond acceptors (Lipinski definition) is 12. The van der Waals surface area contributed by atoms with Crippen molar-refractivity contribution in [2.45, 2.75) is 462 Å². The standard InChI is InChI=1S/C6H6.C5H11N.C5H5N.16C5H12.C4H10N2.3C4H4N2.C4H9NO/c3*1-2-4-6-5-3-1;16*1-5(2,3)4;2*1-2-6-4-3-5-1;1-2-5-4-6-3-1;1-2-4-6-5-3-1;1-3-6-4-2-5-1/h1-6H;6H,1-5H2;1-5H;16*1-4H3;5-6H,1-4H2;3*1-4H;5H,1-4H2. The van der Waals surface area contributed by atoms with Gasteiger partial charge >= 0.3 is 0 Å². The van der Waals surface area contributed by atoms with Gasteiger partial charge in [0, 0.05) is 101 Å². The largest absolute Gasteiger partial charge is 0.379 e. The fourth-order valence-corrected chi connectivity index (χ4v) is 3.38. The number of nitrogens with zero attached hydrogens (tertiary/aromatic N) is 7. The van der Waals surface area contributed by atoms with Crippen LogP contribution in [0.1, 0.15) is 462 Å². The third-order valence-electron chi connectivity index (χ3n) is 5.68. The van der Waals surface area contributed by atoms with Crippen molar-refractivity contribution in [3.05, 3.63) is 141 Å². The van der Waals surface area contributed by atoms with Crippen LogP contribution in [0.5, 0.6) is 0 Å². The summed E-state index contributed by atoms with van der Waals surface area (Å²) < 4.78 is 5.01. The molecule has 12 heteroatoms. The van der Waals surface area contributed by atoms with E-state index in [-0.39, 0.29) is 0 Å². The Morgan fingerprint density at radius 1 is 0.148 bits per heavy atom. The van der Waals surface area contributed by atoms with Crippen molar-refractivity contribution in [3.63, 3.8) is 0 Å². The quantitative estimate of drug-likeness (QED) is 0.117. The number of morpholine rings is 1. The lowest BCUT2D eigenvalue weighted by molar-refractivity contribution is 0.109. The van der Waals surface area contributed by atoms with Gasteiger partial charge in [-0.3, -0.25) is 15.0 Å². The number of benzene rings is 1. The van der Waals surface area contributed by atoms with Crippen LogP contribution in [0.15, 0.2) is 141 Å². The molecule has 3 aliphatic heterocycles. The molecular weight excluding hydrogens is 1560 g/mol. The first-order chi connectivity index (χ1) is 56.0. The molecule has 12 nitrogen and oxygen atoms in total. The number of ether oxygens (including phenoxy) is 1. The van der Waals surface area contributed by atoms with Gasteiger partial charge in [-0.05, 0) is 143 Å². The van der Waals surface area contributed by atoms with Gasteiger partial charge in [-0.2, -0.15) is 10.2 Å². The van der Waals surface area contributed by atoms with Crippen molar-refractivity contribution in [1.29, 1.82) is 0 Å². The maximum absolute atomic E-state index is 5.01. The van der Waals surface area contributed by atoms with Crippen molar-refractivity contribution in [3.8, 4) is 0 Å². The Labute approximate surface area is 812 Å². The number of piperazine rings is 1. The summed E-state index contributed by atoms with van der Waals surface area (Å²) in [6.07, 6.45) is 22.4. The van der Waals surface area contributed by atoms with Gasteiger partial charge in [0.2, 0.25) is 0 Å². The topological polar surface area (TPSA) is 148 Å². The third kappa shape index (κ3) is 934. The van der Waals surface area contributed by atoms with E-state index in [1.807, 2.05) is 66.7 Å². The number of hydrogen-bond donors (Lipinski definition) is 4. The van der Waals surface area contributed by atoms with Gasteiger partial charge < -0.3 is 26.0 Å². The molecule has 8 rings (SSSR count). The van der Waals surface area contributed by atoms with E-state index < -0.39 is 0 Å². The average molecular weight is 1810 g/mol.